The number of nitrogens with zero attached hydrogens (tertiary/aromatic N) is 2. The molecule has 0 amide bonds. The van der Waals surface area contributed by atoms with E-state index in [9.17, 15) is 9.59 Å². The Bertz CT molecular complexity index is 889. The van der Waals surface area contributed by atoms with Crippen LogP contribution >= 0.6 is 0 Å². The molecule has 1 fully saturated rings. The Labute approximate surface area is 231 Å². The highest BCUT2D eigenvalue weighted by Gasteiger charge is 2.50. The lowest BCUT2D eigenvalue weighted by Gasteiger charge is -2.33. The van der Waals surface area contributed by atoms with E-state index in [2.05, 4.69) is 62.0 Å². The second-order valence-electron chi connectivity index (χ2n) is 11.2. The van der Waals surface area contributed by atoms with Gasteiger partial charge < -0.3 is 9.80 Å². The third-order valence-electron chi connectivity index (χ3n) is 8.17. The maximum atomic E-state index is 13.1. The molecule has 0 atom stereocenters. The molecule has 1 saturated carbocycles. The molecule has 0 saturated heterocycles. The van der Waals surface area contributed by atoms with Crippen LogP contribution < -0.4 is 9.80 Å². The largest absolute Gasteiger partial charge is 0.375 e. The van der Waals surface area contributed by atoms with Gasteiger partial charge in [0.05, 0.1) is 0 Å². The van der Waals surface area contributed by atoms with Crippen LogP contribution in [0.25, 0.3) is 0 Å². The van der Waals surface area contributed by atoms with E-state index in [1.54, 1.807) is 0 Å². The van der Waals surface area contributed by atoms with Crippen LogP contribution in [-0.2, 0) is 9.59 Å². The quantitative estimate of drug-likeness (QED) is 0.147. The highest BCUT2D eigenvalue weighted by molar-refractivity contribution is 6.31. The van der Waals surface area contributed by atoms with Crippen molar-refractivity contribution in [2.75, 3.05) is 37.0 Å². The SMILES string of the molecule is CCCCCCCCN(C)c1ccc(C2C(=O)C(c3ccc(N(C)CCCCCCCC)cc3)C2=O)cc1. The monoisotopic (exact) mass is 518 g/mol. The molecule has 2 aromatic carbocycles. The first-order chi connectivity index (χ1) is 18.5. The van der Waals surface area contributed by atoms with Crippen LogP contribution in [0.3, 0.4) is 0 Å². The van der Waals surface area contributed by atoms with Gasteiger partial charge in [-0.05, 0) is 48.2 Å². The number of anilines is 2. The number of hydrogen-bond acceptors (Lipinski definition) is 4. The molecule has 208 valence electrons. The Kier molecular flexibility index (Phi) is 12.4. The van der Waals surface area contributed by atoms with Gasteiger partial charge in [-0.3, -0.25) is 9.59 Å². The lowest BCUT2D eigenvalue weighted by atomic mass is 9.66. The Morgan fingerprint density at radius 2 is 0.816 bits per heavy atom. The fourth-order valence-electron chi connectivity index (χ4n) is 5.53. The van der Waals surface area contributed by atoms with E-state index in [1.807, 2.05) is 24.3 Å². The van der Waals surface area contributed by atoms with Crippen molar-refractivity contribution < 1.29 is 9.59 Å². The lowest BCUT2D eigenvalue weighted by molar-refractivity contribution is -0.142. The molecule has 0 aliphatic heterocycles. The van der Waals surface area contributed by atoms with Crippen molar-refractivity contribution in [2.45, 2.75) is 103 Å². The number of ketones is 2. The molecule has 2 aromatic rings. The molecular formula is C34H50N2O2. The van der Waals surface area contributed by atoms with E-state index in [-0.39, 0.29) is 11.6 Å². The van der Waals surface area contributed by atoms with Gasteiger partial charge in [-0.1, -0.05) is 102 Å². The minimum absolute atomic E-state index is 0.0244. The van der Waals surface area contributed by atoms with E-state index in [4.69, 9.17) is 0 Å². The molecule has 0 unspecified atom stereocenters. The molecule has 1 aliphatic rings. The van der Waals surface area contributed by atoms with Crippen molar-refractivity contribution in [2.24, 2.45) is 0 Å². The van der Waals surface area contributed by atoms with E-state index < -0.39 is 11.8 Å². The first kappa shape index (κ1) is 29.9. The lowest BCUT2D eigenvalue weighted by Crippen LogP contribution is -2.44. The summed E-state index contributed by atoms with van der Waals surface area (Å²) in [4.78, 5) is 30.7. The minimum Gasteiger partial charge on any atom is -0.375 e. The minimum atomic E-state index is -0.618. The molecule has 4 nitrogen and oxygen atoms in total. The van der Waals surface area contributed by atoms with E-state index in [1.165, 1.54) is 77.0 Å². The zero-order chi connectivity index (χ0) is 27.3. The van der Waals surface area contributed by atoms with Crippen molar-refractivity contribution in [3.63, 3.8) is 0 Å². The van der Waals surface area contributed by atoms with Crippen molar-refractivity contribution >= 4 is 22.9 Å². The maximum Gasteiger partial charge on any atom is 0.162 e. The molecule has 38 heavy (non-hydrogen) atoms. The standard InChI is InChI=1S/C34H50N2O2/c1-5-7-9-11-13-15-25-35(3)29-21-17-27(18-22-29)31-33(37)32(34(31)38)28-19-23-30(24-20-28)36(4)26-16-14-12-10-8-6-2/h17-24,31-32H,5-16,25-26H2,1-4H3. The highest BCUT2D eigenvalue weighted by atomic mass is 16.2. The molecule has 0 radical (unpaired) electrons. The first-order valence-corrected chi connectivity index (χ1v) is 15.2. The fraction of sp³-hybridized carbons (Fsp3) is 0.588. The summed E-state index contributed by atoms with van der Waals surface area (Å²) < 4.78 is 0. The second kappa shape index (κ2) is 15.7. The summed E-state index contributed by atoms with van der Waals surface area (Å²) in [6.45, 7) is 6.55. The van der Waals surface area contributed by atoms with Crippen LogP contribution in [0.4, 0.5) is 11.4 Å². The molecule has 0 heterocycles. The predicted octanol–water partition coefficient (Wildman–Crippen LogP) is 8.30. The van der Waals surface area contributed by atoms with Crippen LogP contribution in [0.1, 0.15) is 114 Å². The van der Waals surface area contributed by atoms with Gasteiger partial charge in [0, 0.05) is 38.6 Å². The summed E-state index contributed by atoms with van der Waals surface area (Å²) in [7, 11) is 4.23. The average molecular weight is 519 g/mol. The molecule has 0 N–H and O–H groups in total. The molecule has 0 bridgehead atoms. The number of rotatable bonds is 18. The van der Waals surface area contributed by atoms with Gasteiger partial charge in [-0.25, -0.2) is 0 Å². The third-order valence-corrected chi connectivity index (χ3v) is 8.17. The van der Waals surface area contributed by atoms with Crippen LogP contribution in [-0.4, -0.2) is 38.8 Å². The van der Waals surface area contributed by atoms with Gasteiger partial charge in [-0.2, -0.15) is 0 Å². The van der Waals surface area contributed by atoms with Gasteiger partial charge in [0.2, 0.25) is 0 Å². The average Bonchev–Trinajstić information content (AvgIpc) is 2.93. The van der Waals surface area contributed by atoms with E-state index in [0.717, 1.165) is 35.6 Å². The summed E-state index contributed by atoms with van der Waals surface area (Å²) in [6.07, 6.45) is 15.4. The summed E-state index contributed by atoms with van der Waals surface area (Å²) in [5.41, 5.74) is 3.92. The highest BCUT2D eigenvalue weighted by Crippen LogP contribution is 2.41. The summed E-state index contributed by atoms with van der Waals surface area (Å²) in [5, 5.41) is 0. The van der Waals surface area contributed by atoms with E-state index >= 15 is 0 Å². The Balaban J connectivity index is 1.47. The Morgan fingerprint density at radius 1 is 0.500 bits per heavy atom. The molecule has 3 rings (SSSR count). The normalized spacial score (nSPS) is 16.9. The first-order valence-electron chi connectivity index (χ1n) is 15.2. The van der Waals surface area contributed by atoms with Crippen LogP contribution in [0.15, 0.2) is 48.5 Å². The second-order valence-corrected chi connectivity index (χ2v) is 11.2. The number of carbonyl (C=O) groups is 2. The number of Topliss-reactive ketones (excluding diaryl/α,β-unsaturated/α-hetero) is 2. The van der Waals surface area contributed by atoms with Gasteiger partial charge >= 0.3 is 0 Å². The third kappa shape index (κ3) is 8.19. The zero-order valence-electron chi connectivity index (χ0n) is 24.4. The predicted molar refractivity (Wildman–Crippen MR) is 162 cm³/mol. The Hall–Kier alpha value is -2.62. The number of carbonyl (C=O) groups excluding carboxylic acids is 2. The van der Waals surface area contributed by atoms with Crippen molar-refractivity contribution in [1.29, 1.82) is 0 Å². The topological polar surface area (TPSA) is 40.6 Å². The molecule has 0 aromatic heterocycles. The van der Waals surface area contributed by atoms with Crippen molar-refractivity contribution in [3.05, 3.63) is 59.7 Å². The van der Waals surface area contributed by atoms with Crippen LogP contribution in [0.5, 0.6) is 0 Å². The van der Waals surface area contributed by atoms with Crippen LogP contribution in [0, 0.1) is 0 Å². The summed E-state index contributed by atoms with van der Waals surface area (Å²) in [6, 6.07) is 16.1. The van der Waals surface area contributed by atoms with E-state index in [0.29, 0.717) is 0 Å². The smallest absolute Gasteiger partial charge is 0.162 e. The van der Waals surface area contributed by atoms with Gasteiger partial charge in [-0.15, -0.1) is 0 Å². The molecular weight excluding hydrogens is 468 g/mol. The van der Waals surface area contributed by atoms with Crippen molar-refractivity contribution in [3.8, 4) is 0 Å². The van der Waals surface area contributed by atoms with Crippen LogP contribution in [0.2, 0.25) is 0 Å². The number of unbranched alkanes of at least 4 members (excludes halogenated alkanes) is 10. The fourth-order valence-corrected chi connectivity index (χ4v) is 5.53. The van der Waals surface area contributed by atoms with Crippen molar-refractivity contribution in [1.82, 2.24) is 0 Å². The number of hydrogen-bond donors (Lipinski definition) is 0. The zero-order valence-corrected chi connectivity index (χ0v) is 24.4. The molecule has 1 aliphatic carbocycles. The summed E-state index contributed by atoms with van der Waals surface area (Å²) >= 11 is 0. The van der Waals surface area contributed by atoms with Gasteiger partial charge in [0.25, 0.3) is 0 Å². The molecule has 4 heteroatoms. The summed E-state index contributed by atoms with van der Waals surface area (Å²) in [5.74, 6) is -1.19. The maximum absolute atomic E-state index is 13.1. The van der Waals surface area contributed by atoms with Gasteiger partial charge in [0.15, 0.2) is 11.6 Å². The Morgan fingerprint density at radius 3 is 1.16 bits per heavy atom. The van der Waals surface area contributed by atoms with Gasteiger partial charge in [0.1, 0.15) is 11.8 Å². The number of benzene rings is 2. The molecule has 0 spiro atoms.